The SMILES string of the molecule is FC(F)(F)C1C=Cc2cc(S(F)(F)(F)(F)F)ccc2O1. The van der Waals surface area contributed by atoms with Crippen LogP contribution in [-0.4, -0.2) is 12.3 Å². The van der Waals surface area contributed by atoms with E-state index in [1.165, 1.54) is 0 Å². The second-order valence-corrected chi connectivity index (χ2v) is 6.52. The minimum absolute atomic E-state index is 0.00693. The molecule has 0 radical (unpaired) electrons. The molecule has 0 spiro atoms. The predicted molar refractivity (Wildman–Crippen MR) is 57.3 cm³/mol. The third kappa shape index (κ3) is 3.00. The highest BCUT2D eigenvalue weighted by Gasteiger charge is 2.65. The number of ether oxygens (including phenoxy) is 1. The molecule has 0 fully saturated rings. The highest BCUT2D eigenvalue weighted by atomic mass is 32.5. The van der Waals surface area contributed by atoms with Gasteiger partial charge in [0, 0.05) is 5.56 Å². The Hall–Kier alpha value is -1.45. The van der Waals surface area contributed by atoms with Crippen molar-refractivity contribution >= 4 is 16.3 Å². The minimum atomic E-state index is -9.87. The molecule has 0 aliphatic carbocycles. The summed E-state index contributed by atoms with van der Waals surface area (Å²) in [6, 6.07) is 0.526. The van der Waals surface area contributed by atoms with Gasteiger partial charge in [-0.05, 0) is 24.3 Å². The molecule has 2 rings (SSSR count). The second-order valence-electron chi connectivity index (χ2n) is 4.11. The molecular formula is C10H6F8OS. The molecule has 1 atom stereocenters. The fourth-order valence-corrected chi connectivity index (χ4v) is 2.22. The number of halogens is 8. The molecule has 1 aliphatic rings. The van der Waals surface area contributed by atoms with Gasteiger partial charge in [0.05, 0.1) is 0 Å². The fourth-order valence-electron chi connectivity index (χ4n) is 1.55. The Balaban J connectivity index is 2.45. The van der Waals surface area contributed by atoms with Crippen LogP contribution in [0.15, 0.2) is 29.2 Å². The topological polar surface area (TPSA) is 9.23 Å². The lowest BCUT2D eigenvalue weighted by molar-refractivity contribution is -0.180. The molecule has 0 saturated carbocycles. The van der Waals surface area contributed by atoms with Gasteiger partial charge in [0.2, 0.25) is 6.10 Å². The van der Waals surface area contributed by atoms with Gasteiger partial charge in [-0.15, -0.1) is 0 Å². The first kappa shape index (κ1) is 14.9. The monoisotopic (exact) mass is 326 g/mol. The quantitative estimate of drug-likeness (QED) is 0.603. The lowest BCUT2D eigenvalue weighted by Crippen LogP contribution is -2.33. The molecular weight excluding hydrogens is 320 g/mol. The largest absolute Gasteiger partial charge is 0.476 e. The van der Waals surface area contributed by atoms with Gasteiger partial charge in [-0.3, -0.25) is 0 Å². The highest BCUT2D eigenvalue weighted by Crippen LogP contribution is 3.02. The molecule has 20 heavy (non-hydrogen) atoms. The van der Waals surface area contributed by atoms with E-state index in [4.69, 9.17) is 0 Å². The average Bonchev–Trinajstić information content (AvgIpc) is 2.23. The molecule has 1 aromatic carbocycles. The Kier molecular flexibility index (Phi) is 2.55. The van der Waals surface area contributed by atoms with Crippen molar-refractivity contribution in [1.29, 1.82) is 0 Å². The molecule has 0 aromatic heterocycles. The summed E-state index contributed by atoms with van der Waals surface area (Å²) in [5, 5.41) is 0. The van der Waals surface area contributed by atoms with Crippen molar-refractivity contribution in [3.05, 3.63) is 29.8 Å². The molecule has 0 bridgehead atoms. The van der Waals surface area contributed by atoms with Crippen molar-refractivity contribution in [2.75, 3.05) is 0 Å². The van der Waals surface area contributed by atoms with Crippen LogP contribution < -0.4 is 4.74 Å². The predicted octanol–water partition coefficient (Wildman–Crippen LogP) is 5.68. The molecule has 10 heteroatoms. The molecule has 1 aliphatic heterocycles. The van der Waals surface area contributed by atoms with Gasteiger partial charge in [0.25, 0.3) is 0 Å². The summed E-state index contributed by atoms with van der Waals surface area (Å²) in [4.78, 5) is -2.18. The highest BCUT2D eigenvalue weighted by molar-refractivity contribution is 8.45. The summed E-state index contributed by atoms with van der Waals surface area (Å²) in [5.74, 6) is -0.541. The molecule has 0 amide bonds. The van der Waals surface area contributed by atoms with Crippen LogP contribution in [0.2, 0.25) is 0 Å². The van der Waals surface area contributed by atoms with E-state index in [0.29, 0.717) is 18.2 Å². The Morgan fingerprint density at radius 2 is 1.60 bits per heavy atom. The van der Waals surface area contributed by atoms with E-state index in [1.54, 1.807) is 0 Å². The third-order valence-corrected chi connectivity index (χ3v) is 3.60. The van der Waals surface area contributed by atoms with Gasteiger partial charge in [0.15, 0.2) is 0 Å². The smallest absolute Gasteiger partial charge is 0.429 e. The van der Waals surface area contributed by atoms with Crippen LogP contribution in [0.5, 0.6) is 5.75 Å². The first-order valence-electron chi connectivity index (χ1n) is 4.96. The van der Waals surface area contributed by atoms with E-state index in [2.05, 4.69) is 4.74 Å². The summed E-state index contributed by atoms with van der Waals surface area (Å²) >= 11 is 0. The summed E-state index contributed by atoms with van der Waals surface area (Å²) in [6.07, 6.45) is -5.94. The molecule has 1 aromatic rings. The Bertz CT molecular complexity index is 585. The van der Waals surface area contributed by atoms with Crippen molar-refractivity contribution < 1.29 is 37.3 Å². The first-order valence-corrected chi connectivity index (χ1v) is 6.92. The van der Waals surface area contributed by atoms with E-state index < -0.39 is 38.7 Å². The normalized spacial score (nSPS) is 22.5. The van der Waals surface area contributed by atoms with Crippen LogP contribution in [0, 0.1) is 0 Å². The van der Waals surface area contributed by atoms with Gasteiger partial charge < -0.3 is 4.74 Å². The number of hydrogen-bond acceptors (Lipinski definition) is 1. The van der Waals surface area contributed by atoms with Crippen LogP contribution in [0.3, 0.4) is 0 Å². The van der Waals surface area contributed by atoms with E-state index in [0.717, 1.165) is 0 Å². The van der Waals surface area contributed by atoms with Crippen molar-refractivity contribution in [1.82, 2.24) is 0 Å². The first-order chi connectivity index (χ1) is 8.66. The Morgan fingerprint density at radius 1 is 1.00 bits per heavy atom. The Morgan fingerprint density at radius 3 is 2.10 bits per heavy atom. The fraction of sp³-hybridized carbons (Fsp3) is 0.200. The van der Waals surface area contributed by atoms with Crippen LogP contribution in [0.25, 0.3) is 6.08 Å². The molecule has 1 heterocycles. The molecule has 1 nitrogen and oxygen atoms in total. The number of benzene rings is 1. The summed E-state index contributed by atoms with van der Waals surface area (Å²) in [6.45, 7) is 0. The van der Waals surface area contributed by atoms with Gasteiger partial charge in [0.1, 0.15) is 10.6 Å². The van der Waals surface area contributed by atoms with Crippen molar-refractivity contribution in [2.45, 2.75) is 17.2 Å². The maximum atomic E-state index is 12.5. The second kappa shape index (κ2) is 3.41. The van der Waals surface area contributed by atoms with Gasteiger partial charge in [-0.25, -0.2) is 0 Å². The zero-order valence-electron chi connectivity index (χ0n) is 9.30. The summed E-state index contributed by atoms with van der Waals surface area (Å²) in [7, 11) is -9.87. The van der Waals surface area contributed by atoms with Crippen LogP contribution in [-0.2, 0) is 0 Å². The lowest BCUT2D eigenvalue weighted by Gasteiger charge is -2.41. The molecule has 1 unspecified atom stereocenters. The average molecular weight is 326 g/mol. The summed E-state index contributed by atoms with van der Waals surface area (Å²) < 4.78 is 104. The third-order valence-electron chi connectivity index (χ3n) is 2.45. The maximum Gasteiger partial charge on any atom is 0.429 e. The minimum Gasteiger partial charge on any atom is -0.476 e. The Labute approximate surface area is 107 Å². The number of hydrogen-bond donors (Lipinski definition) is 0. The molecule has 0 saturated heterocycles. The molecule has 0 N–H and O–H groups in total. The number of rotatable bonds is 1. The number of alkyl halides is 3. The van der Waals surface area contributed by atoms with Crippen molar-refractivity contribution in [3.8, 4) is 5.75 Å². The van der Waals surface area contributed by atoms with Crippen LogP contribution in [0.1, 0.15) is 5.56 Å². The van der Waals surface area contributed by atoms with Crippen molar-refractivity contribution in [2.24, 2.45) is 0 Å². The van der Waals surface area contributed by atoms with E-state index in [-0.39, 0.29) is 12.1 Å². The molecule has 114 valence electrons. The van der Waals surface area contributed by atoms with Crippen molar-refractivity contribution in [3.63, 3.8) is 0 Å². The van der Waals surface area contributed by atoms with Crippen LogP contribution in [0.4, 0.5) is 32.6 Å². The van der Waals surface area contributed by atoms with E-state index in [9.17, 15) is 32.6 Å². The van der Waals surface area contributed by atoms with Crippen LogP contribution >= 0.6 is 10.2 Å². The van der Waals surface area contributed by atoms with E-state index >= 15 is 0 Å². The number of fused-ring (bicyclic) bond motifs is 1. The van der Waals surface area contributed by atoms with E-state index in [1.807, 2.05) is 0 Å². The lowest BCUT2D eigenvalue weighted by atomic mass is 10.1. The summed E-state index contributed by atoms with van der Waals surface area (Å²) in [5.41, 5.74) is -0.490. The van der Waals surface area contributed by atoms with Gasteiger partial charge >= 0.3 is 16.4 Å². The standard InChI is InChI=1S/C10H6F8OS/c11-10(12,13)9-4-1-6-5-7(2-3-8(6)19-9)20(14,15,16,17)18/h1-5,9H. The zero-order valence-corrected chi connectivity index (χ0v) is 10.1. The van der Waals surface area contributed by atoms with Gasteiger partial charge in [-0.2, -0.15) is 13.2 Å². The zero-order chi connectivity index (χ0) is 15.5. The maximum absolute atomic E-state index is 12.5. The van der Waals surface area contributed by atoms with Gasteiger partial charge in [-0.1, -0.05) is 25.5 Å².